The second-order valence-electron chi connectivity index (χ2n) is 5.86. The van der Waals surface area contributed by atoms with Gasteiger partial charge in [-0.25, -0.2) is 0 Å². The quantitative estimate of drug-likeness (QED) is 0.582. The smallest absolute Gasteiger partial charge is 0.225 e. The number of likely N-dealkylation sites (tertiary alicyclic amines) is 1. The maximum Gasteiger partial charge on any atom is 0.225 e. The molecule has 0 unspecified atom stereocenters. The molecule has 0 aliphatic carbocycles. The number of hydrogen-bond donors (Lipinski definition) is 1. The summed E-state index contributed by atoms with van der Waals surface area (Å²) >= 11 is 0. The van der Waals surface area contributed by atoms with Crippen LogP contribution < -0.4 is 5.32 Å². The van der Waals surface area contributed by atoms with E-state index in [-0.39, 0.29) is 23.8 Å². The second kappa shape index (κ2) is 10.6. The van der Waals surface area contributed by atoms with E-state index in [1.165, 1.54) is 0 Å². The Kier molecular flexibility index (Phi) is 9.08. The second-order valence-corrected chi connectivity index (χ2v) is 5.86. The van der Waals surface area contributed by atoms with Gasteiger partial charge in [-0.1, -0.05) is 13.3 Å². The minimum atomic E-state index is -0.243. The lowest BCUT2D eigenvalue weighted by Crippen LogP contribution is -2.39. The fourth-order valence-electron chi connectivity index (χ4n) is 2.54. The van der Waals surface area contributed by atoms with Gasteiger partial charge in [0.1, 0.15) is 0 Å². The number of amides is 2. The van der Waals surface area contributed by atoms with Crippen molar-refractivity contribution < 1.29 is 19.1 Å². The molecule has 0 bridgehead atoms. The minimum absolute atomic E-state index is 0.0160. The Labute approximate surface area is 133 Å². The SMILES string of the molecule is CCCCOCCCNC(=O)[C@H]1CC(=O)N([C@H](C)COC)C1. The van der Waals surface area contributed by atoms with Crippen LogP contribution in [0.15, 0.2) is 0 Å². The number of unbranched alkanes of at least 4 members (excludes halogenated alkanes) is 1. The van der Waals surface area contributed by atoms with E-state index < -0.39 is 0 Å². The molecule has 0 aromatic heterocycles. The minimum Gasteiger partial charge on any atom is -0.383 e. The summed E-state index contributed by atoms with van der Waals surface area (Å²) in [6, 6.07) is 0.0160. The molecule has 1 N–H and O–H groups in total. The summed E-state index contributed by atoms with van der Waals surface area (Å²) in [6.45, 7) is 7.11. The molecule has 1 aliphatic rings. The van der Waals surface area contributed by atoms with Crippen LogP contribution in [0.1, 0.15) is 39.5 Å². The molecule has 1 aliphatic heterocycles. The van der Waals surface area contributed by atoms with Gasteiger partial charge in [0, 0.05) is 39.8 Å². The first kappa shape index (κ1) is 18.9. The molecular formula is C16H30N2O4. The molecular weight excluding hydrogens is 284 g/mol. The van der Waals surface area contributed by atoms with E-state index in [4.69, 9.17) is 9.47 Å². The highest BCUT2D eigenvalue weighted by Crippen LogP contribution is 2.20. The highest BCUT2D eigenvalue weighted by molar-refractivity contribution is 5.89. The number of nitrogens with one attached hydrogen (secondary N) is 1. The van der Waals surface area contributed by atoms with Gasteiger partial charge in [0.15, 0.2) is 0 Å². The van der Waals surface area contributed by atoms with E-state index in [0.29, 0.717) is 32.7 Å². The Morgan fingerprint density at radius 3 is 2.82 bits per heavy atom. The first-order valence-corrected chi connectivity index (χ1v) is 8.24. The lowest BCUT2D eigenvalue weighted by molar-refractivity contribution is -0.130. The molecule has 0 spiro atoms. The summed E-state index contributed by atoms with van der Waals surface area (Å²) < 4.78 is 10.5. The standard InChI is InChI=1S/C16H30N2O4/c1-4-5-8-22-9-6-7-17-16(20)14-10-15(19)18(11-14)13(2)12-21-3/h13-14H,4-12H2,1-3H3,(H,17,20)/t13-,14+/m1/s1. The van der Waals surface area contributed by atoms with Gasteiger partial charge >= 0.3 is 0 Å². The predicted octanol–water partition coefficient (Wildman–Crippen LogP) is 1.19. The monoisotopic (exact) mass is 314 g/mol. The Balaban J connectivity index is 2.19. The number of carbonyl (C=O) groups excluding carboxylic acids is 2. The molecule has 128 valence electrons. The molecule has 0 aromatic carbocycles. The molecule has 0 radical (unpaired) electrons. The average molecular weight is 314 g/mol. The molecule has 6 nitrogen and oxygen atoms in total. The van der Waals surface area contributed by atoms with Crippen LogP contribution in [-0.4, -0.2) is 62.8 Å². The van der Waals surface area contributed by atoms with Gasteiger partial charge in [-0.2, -0.15) is 0 Å². The molecule has 1 fully saturated rings. The molecule has 1 rings (SSSR count). The fraction of sp³-hybridized carbons (Fsp3) is 0.875. The molecule has 2 amide bonds. The van der Waals surface area contributed by atoms with Crippen molar-refractivity contribution in [2.45, 2.75) is 45.6 Å². The van der Waals surface area contributed by atoms with Crippen molar-refractivity contribution >= 4 is 11.8 Å². The fourth-order valence-corrected chi connectivity index (χ4v) is 2.54. The van der Waals surface area contributed by atoms with Crippen molar-refractivity contribution in [1.82, 2.24) is 10.2 Å². The lowest BCUT2D eigenvalue weighted by Gasteiger charge is -2.23. The zero-order valence-corrected chi connectivity index (χ0v) is 14.1. The average Bonchev–Trinajstić information content (AvgIpc) is 2.88. The Morgan fingerprint density at radius 1 is 1.41 bits per heavy atom. The first-order chi connectivity index (χ1) is 10.6. The van der Waals surface area contributed by atoms with Crippen LogP contribution in [0, 0.1) is 5.92 Å². The summed E-state index contributed by atoms with van der Waals surface area (Å²) in [5.41, 5.74) is 0. The van der Waals surface area contributed by atoms with E-state index in [0.717, 1.165) is 25.9 Å². The van der Waals surface area contributed by atoms with Gasteiger partial charge in [-0.05, 0) is 19.8 Å². The van der Waals surface area contributed by atoms with Crippen LogP contribution in [0.4, 0.5) is 0 Å². The van der Waals surface area contributed by atoms with Gasteiger partial charge in [0.05, 0.1) is 18.6 Å². The largest absolute Gasteiger partial charge is 0.383 e. The molecule has 2 atom stereocenters. The van der Waals surface area contributed by atoms with E-state index in [1.54, 1.807) is 12.0 Å². The Bertz CT molecular complexity index is 349. The van der Waals surface area contributed by atoms with E-state index in [2.05, 4.69) is 12.2 Å². The van der Waals surface area contributed by atoms with Crippen molar-refractivity contribution in [1.29, 1.82) is 0 Å². The zero-order chi connectivity index (χ0) is 16.4. The summed E-state index contributed by atoms with van der Waals surface area (Å²) in [5.74, 6) is -0.241. The van der Waals surface area contributed by atoms with Crippen LogP contribution in [0.3, 0.4) is 0 Å². The maximum atomic E-state index is 12.1. The topological polar surface area (TPSA) is 67.9 Å². The molecule has 1 saturated heterocycles. The van der Waals surface area contributed by atoms with Crippen molar-refractivity contribution in [2.75, 3.05) is 40.0 Å². The van der Waals surface area contributed by atoms with Gasteiger partial charge in [-0.3, -0.25) is 9.59 Å². The normalized spacial score (nSPS) is 19.5. The Hall–Kier alpha value is -1.14. The van der Waals surface area contributed by atoms with E-state index >= 15 is 0 Å². The summed E-state index contributed by atoms with van der Waals surface area (Å²) in [7, 11) is 1.61. The van der Waals surface area contributed by atoms with Crippen molar-refractivity contribution in [3.63, 3.8) is 0 Å². The van der Waals surface area contributed by atoms with Crippen LogP contribution in [-0.2, 0) is 19.1 Å². The highest BCUT2D eigenvalue weighted by Gasteiger charge is 2.36. The van der Waals surface area contributed by atoms with E-state index in [9.17, 15) is 9.59 Å². The number of methoxy groups -OCH3 is 1. The summed E-state index contributed by atoms with van der Waals surface area (Å²) in [5, 5.41) is 2.90. The molecule has 0 saturated carbocycles. The maximum absolute atomic E-state index is 12.1. The number of rotatable bonds is 11. The Morgan fingerprint density at radius 2 is 2.14 bits per heavy atom. The van der Waals surface area contributed by atoms with Crippen molar-refractivity contribution in [3.8, 4) is 0 Å². The number of hydrogen-bond acceptors (Lipinski definition) is 4. The third-order valence-electron chi connectivity index (χ3n) is 3.88. The van der Waals surface area contributed by atoms with Gasteiger partial charge < -0.3 is 19.7 Å². The third-order valence-corrected chi connectivity index (χ3v) is 3.88. The zero-order valence-electron chi connectivity index (χ0n) is 14.1. The number of ether oxygens (including phenoxy) is 2. The van der Waals surface area contributed by atoms with E-state index in [1.807, 2.05) is 6.92 Å². The molecule has 0 aromatic rings. The van der Waals surface area contributed by atoms with Crippen LogP contribution >= 0.6 is 0 Å². The summed E-state index contributed by atoms with van der Waals surface area (Å²) in [6.07, 6.45) is 3.31. The van der Waals surface area contributed by atoms with Gasteiger partial charge in [-0.15, -0.1) is 0 Å². The van der Waals surface area contributed by atoms with Crippen molar-refractivity contribution in [3.05, 3.63) is 0 Å². The van der Waals surface area contributed by atoms with Crippen molar-refractivity contribution in [2.24, 2.45) is 5.92 Å². The molecule has 6 heteroatoms. The van der Waals surface area contributed by atoms with Gasteiger partial charge in [0.25, 0.3) is 0 Å². The van der Waals surface area contributed by atoms with Crippen LogP contribution in [0.25, 0.3) is 0 Å². The highest BCUT2D eigenvalue weighted by atomic mass is 16.5. The molecule has 1 heterocycles. The lowest BCUT2D eigenvalue weighted by atomic mass is 10.1. The van der Waals surface area contributed by atoms with Crippen LogP contribution in [0.2, 0.25) is 0 Å². The first-order valence-electron chi connectivity index (χ1n) is 8.24. The van der Waals surface area contributed by atoms with Gasteiger partial charge in [0.2, 0.25) is 11.8 Å². The number of nitrogens with zero attached hydrogens (tertiary/aromatic N) is 1. The number of carbonyl (C=O) groups is 2. The third kappa shape index (κ3) is 6.32. The van der Waals surface area contributed by atoms with Crippen LogP contribution in [0.5, 0.6) is 0 Å². The molecule has 22 heavy (non-hydrogen) atoms. The predicted molar refractivity (Wildman–Crippen MR) is 84.5 cm³/mol. The summed E-state index contributed by atoms with van der Waals surface area (Å²) in [4.78, 5) is 25.8.